The number of aryl methyl sites for hydroxylation is 1. The van der Waals surface area contributed by atoms with Gasteiger partial charge in [-0.05, 0) is 37.7 Å². The summed E-state index contributed by atoms with van der Waals surface area (Å²) in [4.78, 5) is 11.5. The highest BCUT2D eigenvalue weighted by Crippen LogP contribution is 2.30. The second kappa shape index (κ2) is 7.60. The molecule has 1 aromatic rings. The third-order valence-electron chi connectivity index (χ3n) is 4.55. The molecule has 1 aliphatic rings. The van der Waals surface area contributed by atoms with Crippen LogP contribution in [0.2, 0.25) is 0 Å². The van der Waals surface area contributed by atoms with E-state index < -0.39 is 18.0 Å². The third-order valence-corrected chi connectivity index (χ3v) is 4.55. The number of aliphatic hydroxyl groups excluding tert-OH is 1. The van der Waals surface area contributed by atoms with Gasteiger partial charge in [0.15, 0.2) is 0 Å². The first kappa shape index (κ1) is 16.0. The van der Waals surface area contributed by atoms with Gasteiger partial charge in [-0.3, -0.25) is 4.79 Å². The first-order chi connectivity index (χ1) is 10.0. The first-order valence-electron chi connectivity index (χ1n) is 8.01. The van der Waals surface area contributed by atoms with Crippen molar-refractivity contribution in [1.29, 1.82) is 0 Å². The molecule has 1 aliphatic carbocycles. The van der Waals surface area contributed by atoms with Crippen molar-refractivity contribution in [2.24, 2.45) is 11.8 Å². The molecule has 3 heteroatoms. The lowest BCUT2D eigenvalue weighted by Crippen LogP contribution is -2.24. The molecule has 0 amide bonds. The number of aliphatic carboxylic acids is 1. The van der Waals surface area contributed by atoms with Gasteiger partial charge < -0.3 is 10.2 Å². The predicted molar refractivity (Wildman–Crippen MR) is 83.2 cm³/mol. The molecule has 2 unspecified atom stereocenters. The summed E-state index contributed by atoms with van der Waals surface area (Å²) in [7, 11) is 0. The Bertz CT molecular complexity index is 463. The Morgan fingerprint density at radius 1 is 1.33 bits per heavy atom. The van der Waals surface area contributed by atoms with E-state index in [-0.39, 0.29) is 0 Å². The fourth-order valence-corrected chi connectivity index (χ4v) is 3.45. The van der Waals surface area contributed by atoms with Crippen LogP contribution in [0.3, 0.4) is 0 Å². The van der Waals surface area contributed by atoms with E-state index in [1.807, 2.05) is 31.2 Å². The van der Waals surface area contributed by atoms with E-state index in [4.69, 9.17) is 0 Å². The van der Waals surface area contributed by atoms with E-state index in [2.05, 4.69) is 0 Å². The molecule has 0 heterocycles. The molecule has 0 aliphatic heterocycles. The minimum atomic E-state index is -0.804. The summed E-state index contributed by atoms with van der Waals surface area (Å²) in [6.07, 6.45) is 6.01. The minimum Gasteiger partial charge on any atom is -0.481 e. The van der Waals surface area contributed by atoms with Gasteiger partial charge in [0.25, 0.3) is 0 Å². The van der Waals surface area contributed by atoms with Crippen LogP contribution in [0.4, 0.5) is 0 Å². The number of benzene rings is 1. The van der Waals surface area contributed by atoms with Crippen molar-refractivity contribution in [2.75, 3.05) is 0 Å². The number of hydrogen-bond donors (Lipinski definition) is 2. The normalized spacial score (nSPS) is 18.6. The van der Waals surface area contributed by atoms with Crippen LogP contribution in [-0.2, 0) is 11.2 Å². The van der Waals surface area contributed by atoms with Gasteiger partial charge in [0.2, 0.25) is 0 Å². The summed E-state index contributed by atoms with van der Waals surface area (Å²) in [5, 5.41) is 19.6. The fraction of sp³-hybridized carbons (Fsp3) is 0.611. The highest BCUT2D eigenvalue weighted by Gasteiger charge is 2.25. The molecule has 2 N–H and O–H groups in total. The second-order valence-electron chi connectivity index (χ2n) is 6.50. The van der Waals surface area contributed by atoms with Crippen molar-refractivity contribution >= 4 is 5.97 Å². The predicted octanol–water partition coefficient (Wildman–Crippen LogP) is 3.57. The summed E-state index contributed by atoms with van der Waals surface area (Å²) in [5.74, 6) is -0.710. The van der Waals surface area contributed by atoms with Gasteiger partial charge in [-0.15, -0.1) is 0 Å². The average Bonchev–Trinajstić information content (AvgIpc) is 2.90. The number of aliphatic hydroxyl groups is 1. The molecule has 0 saturated heterocycles. The summed E-state index contributed by atoms with van der Waals surface area (Å²) < 4.78 is 0. The lowest BCUT2D eigenvalue weighted by atomic mass is 9.89. The van der Waals surface area contributed by atoms with Crippen LogP contribution < -0.4 is 0 Å². The lowest BCUT2D eigenvalue weighted by Gasteiger charge is -2.19. The summed E-state index contributed by atoms with van der Waals surface area (Å²) in [6, 6.07) is 7.96. The van der Waals surface area contributed by atoms with E-state index in [1.165, 1.54) is 25.7 Å². The number of hydrogen-bond acceptors (Lipinski definition) is 2. The number of carbonyl (C=O) groups is 1. The Morgan fingerprint density at radius 3 is 2.67 bits per heavy atom. The van der Waals surface area contributed by atoms with E-state index in [0.29, 0.717) is 18.8 Å². The van der Waals surface area contributed by atoms with Crippen molar-refractivity contribution in [3.63, 3.8) is 0 Å². The first-order valence-corrected chi connectivity index (χ1v) is 8.01. The molecular weight excluding hydrogens is 264 g/mol. The maximum Gasteiger partial charge on any atom is 0.306 e. The van der Waals surface area contributed by atoms with Gasteiger partial charge in [-0.25, -0.2) is 0 Å². The average molecular weight is 290 g/mol. The molecule has 0 bridgehead atoms. The topological polar surface area (TPSA) is 57.5 Å². The highest BCUT2D eigenvalue weighted by molar-refractivity contribution is 5.70. The maximum atomic E-state index is 11.5. The molecule has 1 fully saturated rings. The second-order valence-corrected chi connectivity index (χ2v) is 6.50. The molecule has 3 nitrogen and oxygen atoms in total. The standard InChI is InChI=1S/C18H26O3/c1-13-5-4-8-15(9-13)10-16(18(20)21)12-17(19)11-14-6-2-3-7-14/h4-5,8-9,14,16-17,19H,2-3,6-7,10-12H2,1H3,(H,20,21). The lowest BCUT2D eigenvalue weighted by molar-refractivity contribution is -0.142. The third kappa shape index (κ3) is 5.16. The monoisotopic (exact) mass is 290 g/mol. The molecule has 2 rings (SSSR count). The van der Waals surface area contributed by atoms with Gasteiger partial charge in [0.1, 0.15) is 0 Å². The zero-order valence-electron chi connectivity index (χ0n) is 12.8. The summed E-state index contributed by atoms with van der Waals surface area (Å²) in [6.45, 7) is 2.01. The summed E-state index contributed by atoms with van der Waals surface area (Å²) in [5.41, 5.74) is 2.18. The zero-order valence-corrected chi connectivity index (χ0v) is 12.8. The summed E-state index contributed by atoms with van der Waals surface area (Å²) >= 11 is 0. The Hall–Kier alpha value is -1.35. The van der Waals surface area contributed by atoms with Gasteiger partial charge in [0, 0.05) is 0 Å². The quantitative estimate of drug-likeness (QED) is 0.807. The van der Waals surface area contributed by atoms with Crippen LogP contribution in [0.5, 0.6) is 0 Å². The van der Waals surface area contributed by atoms with Crippen LogP contribution in [0.25, 0.3) is 0 Å². The molecule has 2 atom stereocenters. The number of rotatable bonds is 7. The number of carboxylic acids is 1. The molecule has 116 valence electrons. The van der Waals surface area contributed by atoms with Crippen LogP contribution >= 0.6 is 0 Å². The molecule has 0 spiro atoms. The van der Waals surface area contributed by atoms with Gasteiger partial charge >= 0.3 is 5.97 Å². The Labute approximate surface area is 127 Å². The van der Waals surface area contributed by atoms with E-state index in [0.717, 1.165) is 17.5 Å². The van der Waals surface area contributed by atoms with Gasteiger partial charge in [-0.1, -0.05) is 55.5 Å². The molecule has 1 aromatic carbocycles. The van der Waals surface area contributed by atoms with Crippen LogP contribution in [0, 0.1) is 18.8 Å². The van der Waals surface area contributed by atoms with Crippen molar-refractivity contribution in [2.45, 2.75) is 58.0 Å². The van der Waals surface area contributed by atoms with Crippen molar-refractivity contribution in [3.8, 4) is 0 Å². The van der Waals surface area contributed by atoms with Gasteiger partial charge in [-0.2, -0.15) is 0 Å². The highest BCUT2D eigenvalue weighted by atomic mass is 16.4. The Morgan fingerprint density at radius 2 is 2.05 bits per heavy atom. The van der Waals surface area contributed by atoms with E-state index in [9.17, 15) is 15.0 Å². The maximum absolute atomic E-state index is 11.5. The van der Waals surface area contributed by atoms with E-state index in [1.54, 1.807) is 0 Å². The zero-order chi connectivity index (χ0) is 15.2. The van der Waals surface area contributed by atoms with E-state index >= 15 is 0 Å². The van der Waals surface area contributed by atoms with Crippen molar-refractivity contribution in [1.82, 2.24) is 0 Å². The van der Waals surface area contributed by atoms with Crippen LogP contribution in [-0.4, -0.2) is 22.3 Å². The fourth-order valence-electron chi connectivity index (χ4n) is 3.45. The largest absolute Gasteiger partial charge is 0.481 e. The van der Waals surface area contributed by atoms with Crippen LogP contribution in [0.15, 0.2) is 24.3 Å². The molecule has 1 saturated carbocycles. The Balaban J connectivity index is 1.90. The SMILES string of the molecule is Cc1cccc(CC(CC(O)CC2CCCC2)C(=O)O)c1. The minimum absolute atomic E-state index is 0.361. The number of carboxylic acid groups (broad SMARTS) is 1. The Kier molecular flexibility index (Phi) is 5.80. The molecule has 0 radical (unpaired) electrons. The van der Waals surface area contributed by atoms with Gasteiger partial charge in [0.05, 0.1) is 12.0 Å². The molecule has 0 aromatic heterocycles. The smallest absolute Gasteiger partial charge is 0.306 e. The van der Waals surface area contributed by atoms with Crippen molar-refractivity contribution < 1.29 is 15.0 Å². The van der Waals surface area contributed by atoms with Crippen molar-refractivity contribution in [3.05, 3.63) is 35.4 Å². The van der Waals surface area contributed by atoms with Crippen LogP contribution in [0.1, 0.15) is 49.7 Å². The molecular formula is C18H26O3. The molecule has 21 heavy (non-hydrogen) atoms.